The molecule has 0 aliphatic carbocycles. The molecule has 2 heterocycles. The molecular formula is C12H18ClN3. The molecule has 3 nitrogen and oxygen atoms in total. The summed E-state index contributed by atoms with van der Waals surface area (Å²) in [5.74, 6) is 1.01. The van der Waals surface area contributed by atoms with Crippen molar-refractivity contribution >= 4 is 17.4 Å². The summed E-state index contributed by atoms with van der Waals surface area (Å²) in [6.45, 7) is 5.32. The zero-order valence-electron chi connectivity index (χ0n) is 9.62. The first kappa shape index (κ1) is 11.7. The Hall–Kier alpha value is -0.800. The number of likely N-dealkylation sites (N-methyl/N-ethyl adjacent to an activating group) is 1. The molecule has 1 aliphatic rings. The summed E-state index contributed by atoms with van der Waals surface area (Å²) in [6, 6.07) is 4.49. The third kappa shape index (κ3) is 2.86. The normalized spacial score (nSPS) is 20.0. The Labute approximate surface area is 102 Å². The lowest BCUT2D eigenvalue weighted by molar-refractivity contribution is 0.584. The minimum atomic E-state index is 0.609. The third-order valence-electron chi connectivity index (χ3n) is 3.02. The molecule has 88 valence electrons. The molecule has 0 bridgehead atoms. The summed E-state index contributed by atoms with van der Waals surface area (Å²) in [6.07, 6.45) is 4.27. The number of nitrogens with zero attached hydrogens (tertiary/aromatic N) is 2. The van der Waals surface area contributed by atoms with E-state index in [4.69, 9.17) is 11.6 Å². The highest BCUT2D eigenvalue weighted by Gasteiger charge is 2.17. The number of aromatic nitrogens is 1. The summed E-state index contributed by atoms with van der Waals surface area (Å²) >= 11 is 5.84. The Kier molecular flexibility index (Phi) is 4.02. The van der Waals surface area contributed by atoms with Crippen molar-refractivity contribution in [2.75, 3.05) is 24.5 Å². The molecule has 1 fully saturated rings. The van der Waals surface area contributed by atoms with Crippen LogP contribution in [-0.2, 0) is 0 Å². The van der Waals surface area contributed by atoms with Crippen LogP contribution < -0.4 is 10.2 Å². The van der Waals surface area contributed by atoms with E-state index < -0.39 is 0 Å². The van der Waals surface area contributed by atoms with E-state index in [1.807, 2.05) is 12.1 Å². The van der Waals surface area contributed by atoms with Gasteiger partial charge in [-0.2, -0.15) is 0 Å². The molecule has 1 aromatic rings. The highest BCUT2D eigenvalue weighted by atomic mass is 35.5. The molecule has 1 aliphatic heterocycles. The van der Waals surface area contributed by atoms with Crippen molar-refractivity contribution in [3.63, 3.8) is 0 Å². The van der Waals surface area contributed by atoms with Crippen molar-refractivity contribution in [2.45, 2.75) is 25.8 Å². The fourth-order valence-electron chi connectivity index (χ4n) is 2.12. The Bertz CT molecular complexity index is 320. The molecule has 0 saturated carbocycles. The van der Waals surface area contributed by atoms with Gasteiger partial charge < -0.3 is 10.2 Å². The first-order valence-electron chi connectivity index (χ1n) is 5.89. The SMILES string of the molecule is CCN(CC1CCCN1)c1ccc(Cl)cn1. The van der Waals surface area contributed by atoms with Crippen LogP contribution in [0.15, 0.2) is 18.3 Å². The van der Waals surface area contributed by atoms with E-state index >= 15 is 0 Å². The fraction of sp³-hybridized carbons (Fsp3) is 0.583. The van der Waals surface area contributed by atoms with Crippen LogP contribution in [0.4, 0.5) is 5.82 Å². The number of rotatable bonds is 4. The fourth-order valence-corrected chi connectivity index (χ4v) is 2.23. The zero-order chi connectivity index (χ0) is 11.4. The average Bonchev–Trinajstić information content (AvgIpc) is 2.80. The Balaban J connectivity index is 2.00. The Morgan fingerprint density at radius 1 is 1.56 bits per heavy atom. The van der Waals surface area contributed by atoms with Gasteiger partial charge in [0, 0.05) is 25.3 Å². The number of nitrogens with one attached hydrogen (secondary N) is 1. The lowest BCUT2D eigenvalue weighted by atomic mass is 10.2. The van der Waals surface area contributed by atoms with E-state index in [1.54, 1.807) is 6.20 Å². The number of hydrogen-bond acceptors (Lipinski definition) is 3. The molecule has 1 aromatic heterocycles. The molecule has 0 radical (unpaired) electrons. The second-order valence-electron chi connectivity index (χ2n) is 4.17. The Morgan fingerprint density at radius 2 is 2.44 bits per heavy atom. The van der Waals surface area contributed by atoms with Crippen molar-refractivity contribution in [1.82, 2.24) is 10.3 Å². The average molecular weight is 240 g/mol. The van der Waals surface area contributed by atoms with Crippen molar-refractivity contribution in [2.24, 2.45) is 0 Å². The maximum Gasteiger partial charge on any atom is 0.128 e. The number of halogens is 1. The van der Waals surface area contributed by atoms with Gasteiger partial charge in [-0.3, -0.25) is 0 Å². The quantitative estimate of drug-likeness (QED) is 0.874. The van der Waals surface area contributed by atoms with Gasteiger partial charge in [0.05, 0.1) is 5.02 Å². The van der Waals surface area contributed by atoms with Crippen LogP contribution in [0.5, 0.6) is 0 Å². The standard InChI is InChI=1S/C12H18ClN3/c1-2-16(9-11-4-3-7-14-11)12-6-5-10(13)8-15-12/h5-6,8,11,14H,2-4,7,9H2,1H3. The van der Waals surface area contributed by atoms with Crippen molar-refractivity contribution in [3.8, 4) is 0 Å². The van der Waals surface area contributed by atoms with Crippen LogP contribution in [0.1, 0.15) is 19.8 Å². The molecule has 4 heteroatoms. The molecule has 1 unspecified atom stereocenters. The number of hydrogen-bond donors (Lipinski definition) is 1. The van der Waals surface area contributed by atoms with Gasteiger partial charge in [-0.05, 0) is 38.4 Å². The van der Waals surface area contributed by atoms with Crippen molar-refractivity contribution < 1.29 is 0 Å². The van der Waals surface area contributed by atoms with Crippen LogP contribution in [0.2, 0.25) is 5.02 Å². The molecule has 0 amide bonds. The minimum Gasteiger partial charge on any atom is -0.355 e. The third-order valence-corrected chi connectivity index (χ3v) is 3.24. The first-order valence-corrected chi connectivity index (χ1v) is 6.27. The van der Waals surface area contributed by atoms with Gasteiger partial charge in [-0.15, -0.1) is 0 Å². The lowest BCUT2D eigenvalue weighted by Crippen LogP contribution is -2.37. The van der Waals surface area contributed by atoms with E-state index in [0.29, 0.717) is 11.1 Å². The summed E-state index contributed by atoms with van der Waals surface area (Å²) in [5, 5.41) is 4.20. The van der Waals surface area contributed by atoms with E-state index in [2.05, 4.69) is 22.1 Å². The summed E-state index contributed by atoms with van der Waals surface area (Å²) in [7, 11) is 0. The molecule has 1 N–H and O–H groups in total. The number of pyridine rings is 1. The van der Waals surface area contributed by atoms with Gasteiger partial charge in [0.15, 0.2) is 0 Å². The molecule has 1 atom stereocenters. The largest absolute Gasteiger partial charge is 0.355 e. The monoisotopic (exact) mass is 239 g/mol. The second-order valence-corrected chi connectivity index (χ2v) is 4.60. The van der Waals surface area contributed by atoms with Gasteiger partial charge in [0.2, 0.25) is 0 Å². The van der Waals surface area contributed by atoms with Gasteiger partial charge in [-0.25, -0.2) is 4.98 Å². The van der Waals surface area contributed by atoms with Crippen molar-refractivity contribution in [3.05, 3.63) is 23.4 Å². The molecule has 1 saturated heterocycles. The van der Waals surface area contributed by atoms with Gasteiger partial charge in [0.25, 0.3) is 0 Å². The van der Waals surface area contributed by atoms with Crippen LogP contribution in [0, 0.1) is 0 Å². The predicted molar refractivity (Wildman–Crippen MR) is 68.2 cm³/mol. The van der Waals surface area contributed by atoms with Crippen molar-refractivity contribution in [1.29, 1.82) is 0 Å². The second kappa shape index (κ2) is 5.51. The predicted octanol–water partition coefficient (Wildman–Crippen LogP) is 2.31. The zero-order valence-corrected chi connectivity index (χ0v) is 10.4. The first-order chi connectivity index (χ1) is 7.79. The summed E-state index contributed by atoms with van der Waals surface area (Å²) in [5.41, 5.74) is 0. The summed E-state index contributed by atoms with van der Waals surface area (Å²) < 4.78 is 0. The van der Waals surface area contributed by atoms with Crippen LogP contribution >= 0.6 is 11.6 Å². The highest BCUT2D eigenvalue weighted by Crippen LogP contribution is 2.16. The summed E-state index contributed by atoms with van der Waals surface area (Å²) in [4.78, 5) is 6.65. The lowest BCUT2D eigenvalue weighted by Gasteiger charge is -2.25. The molecule has 0 spiro atoms. The minimum absolute atomic E-state index is 0.609. The van der Waals surface area contributed by atoms with Crippen LogP contribution in [-0.4, -0.2) is 30.7 Å². The van der Waals surface area contributed by atoms with Crippen LogP contribution in [0.3, 0.4) is 0 Å². The van der Waals surface area contributed by atoms with Gasteiger partial charge in [-0.1, -0.05) is 11.6 Å². The molecule has 0 aromatic carbocycles. The maximum absolute atomic E-state index is 5.84. The maximum atomic E-state index is 5.84. The highest BCUT2D eigenvalue weighted by molar-refractivity contribution is 6.30. The van der Waals surface area contributed by atoms with E-state index in [9.17, 15) is 0 Å². The topological polar surface area (TPSA) is 28.2 Å². The smallest absolute Gasteiger partial charge is 0.128 e. The molecular weight excluding hydrogens is 222 g/mol. The molecule has 2 rings (SSSR count). The Morgan fingerprint density at radius 3 is 3.00 bits per heavy atom. The van der Waals surface area contributed by atoms with Gasteiger partial charge >= 0.3 is 0 Å². The molecule has 16 heavy (non-hydrogen) atoms. The van der Waals surface area contributed by atoms with E-state index in [1.165, 1.54) is 12.8 Å². The van der Waals surface area contributed by atoms with Gasteiger partial charge in [0.1, 0.15) is 5.82 Å². The number of anilines is 1. The van der Waals surface area contributed by atoms with E-state index in [0.717, 1.165) is 25.5 Å². The van der Waals surface area contributed by atoms with Crippen LogP contribution in [0.25, 0.3) is 0 Å². The van der Waals surface area contributed by atoms with E-state index in [-0.39, 0.29) is 0 Å².